The van der Waals surface area contributed by atoms with Crippen molar-refractivity contribution in [3.05, 3.63) is 29.8 Å². The SMILES string of the molecule is O=S1CCC(NS(=O)(=O)c2ccc(F)cc2F)CC1. The van der Waals surface area contributed by atoms with Gasteiger partial charge < -0.3 is 0 Å². The summed E-state index contributed by atoms with van der Waals surface area (Å²) in [5, 5.41) is 0. The Bertz CT molecular complexity index is 594. The fourth-order valence-electron chi connectivity index (χ4n) is 1.89. The molecule has 1 aliphatic rings. The maximum absolute atomic E-state index is 13.5. The molecular weight excluding hydrogens is 296 g/mol. The van der Waals surface area contributed by atoms with Crippen molar-refractivity contribution < 1.29 is 21.4 Å². The molecule has 0 aliphatic carbocycles. The molecule has 0 aromatic heterocycles. The van der Waals surface area contributed by atoms with Gasteiger partial charge in [-0.2, -0.15) is 0 Å². The third kappa shape index (κ3) is 3.58. The van der Waals surface area contributed by atoms with Crippen LogP contribution >= 0.6 is 0 Å². The lowest BCUT2D eigenvalue weighted by Gasteiger charge is -2.22. The van der Waals surface area contributed by atoms with E-state index in [9.17, 15) is 21.4 Å². The van der Waals surface area contributed by atoms with Gasteiger partial charge in [0.2, 0.25) is 10.0 Å². The summed E-state index contributed by atoms with van der Waals surface area (Å²) < 4.78 is 63.7. The van der Waals surface area contributed by atoms with Gasteiger partial charge in [-0.3, -0.25) is 4.21 Å². The van der Waals surface area contributed by atoms with E-state index in [4.69, 9.17) is 0 Å². The largest absolute Gasteiger partial charge is 0.260 e. The predicted octanol–water partition coefficient (Wildman–Crippen LogP) is 1.15. The van der Waals surface area contributed by atoms with Crippen LogP contribution < -0.4 is 4.72 Å². The van der Waals surface area contributed by atoms with E-state index in [0.717, 1.165) is 12.1 Å². The molecule has 1 aromatic carbocycles. The molecule has 0 radical (unpaired) electrons. The average molecular weight is 309 g/mol. The number of sulfonamides is 1. The topological polar surface area (TPSA) is 63.2 Å². The van der Waals surface area contributed by atoms with E-state index in [1.807, 2.05) is 0 Å². The second-order valence-corrected chi connectivity index (χ2v) is 7.70. The highest BCUT2D eigenvalue weighted by atomic mass is 32.2. The summed E-state index contributed by atoms with van der Waals surface area (Å²) in [5.41, 5.74) is 0. The van der Waals surface area contributed by atoms with Crippen molar-refractivity contribution in [1.29, 1.82) is 0 Å². The number of hydrogen-bond acceptors (Lipinski definition) is 3. The molecule has 0 unspecified atom stereocenters. The van der Waals surface area contributed by atoms with Crippen molar-refractivity contribution in [3.63, 3.8) is 0 Å². The average Bonchev–Trinajstić information content (AvgIpc) is 2.31. The number of benzene rings is 1. The minimum Gasteiger partial charge on any atom is -0.260 e. The van der Waals surface area contributed by atoms with Crippen LogP contribution in [0.2, 0.25) is 0 Å². The van der Waals surface area contributed by atoms with Gasteiger partial charge in [-0.1, -0.05) is 0 Å². The zero-order valence-electron chi connectivity index (χ0n) is 9.93. The van der Waals surface area contributed by atoms with Gasteiger partial charge in [0.1, 0.15) is 16.5 Å². The van der Waals surface area contributed by atoms with Gasteiger partial charge in [0.15, 0.2) is 0 Å². The molecule has 1 aromatic rings. The molecule has 0 atom stereocenters. The van der Waals surface area contributed by atoms with Crippen LogP contribution in [0.15, 0.2) is 23.1 Å². The first kappa shape index (κ1) is 14.5. The Hall–Kier alpha value is -0.860. The molecule has 0 saturated carbocycles. The highest BCUT2D eigenvalue weighted by Gasteiger charge is 2.26. The van der Waals surface area contributed by atoms with Gasteiger partial charge in [0.25, 0.3) is 0 Å². The van der Waals surface area contributed by atoms with Crippen LogP contribution in [-0.4, -0.2) is 30.2 Å². The molecular formula is C11H13F2NO3S2. The summed E-state index contributed by atoms with van der Waals surface area (Å²) in [7, 11) is -4.92. The standard InChI is InChI=1S/C11H13F2NO3S2/c12-8-1-2-11(10(13)7-8)19(16,17)14-9-3-5-18(15)6-4-9/h1-2,7,9,14H,3-6H2. The minimum absolute atomic E-state index is 0.354. The molecule has 1 N–H and O–H groups in total. The van der Waals surface area contributed by atoms with Crippen LogP contribution in [-0.2, 0) is 20.8 Å². The fraction of sp³-hybridized carbons (Fsp3) is 0.455. The van der Waals surface area contributed by atoms with Crippen LogP contribution in [0.3, 0.4) is 0 Å². The van der Waals surface area contributed by atoms with Crippen LogP contribution in [0, 0.1) is 11.6 Å². The van der Waals surface area contributed by atoms with Crippen molar-refractivity contribution in [2.24, 2.45) is 0 Å². The molecule has 0 bridgehead atoms. The maximum Gasteiger partial charge on any atom is 0.243 e. The molecule has 2 rings (SSSR count). The quantitative estimate of drug-likeness (QED) is 0.911. The van der Waals surface area contributed by atoms with Crippen molar-refractivity contribution in [2.75, 3.05) is 11.5 Å². The number of nitrogens with one attached hydrogen (secondary N) is 1. The van der Waals surface area contributed by atoms with Crippen LogP contribution in [0.4, 0.5) is 8.78 Å². The summed E-state index contributed by atoms with van der Waals surface area (Å²) in [6.45, 7) is 0. The Morgan fingerprint density at radius 1 is 1.21 bits per heavy atom. The van der Waals surface area contributed by atoms with Gasteiger partial charge in [-0.25, -0.2) is 21.9 Å². The van der Waals surface area contributed by atoms with E-state index in [0.29, 0.717) is 30.4 Å². The van der Waals surface area contributed by atoms with Crippen molar-refractivity contribution in [3.8, 4) is 0 Å². The highest BCUT2D eigenvalue weighted by molar-refractivity contribution is 7.89. The van der Waals surface area contributed by atoms with Gasteiger partial charge in [-0.05, 0) is 25.0 Å². The maximum atomic E-state index is 13.5. The summed E-state index contributed by atoms with van der Waals surface area (Å²) in [6.07, 6.45) is 0.906. The molecule has 19 heavy (non-hydrogen) atoms. The molecule has 4 nitrogen and oxygen atoms in total. The summed E-state index contributed by atoms with van der Waals surface area (Å²) in [5.74, 6) is -1.09. The Kier molecular flexibility index (Phi) is 4.32. The molecule has 1 aliphatic heterocycles. The van der Waals surface area contributed by atoms with Crippen molar-refractivity contribution in [1.82, 2.24) is 4.72 Å². The van der Waals surface area contributed by atoms with Crippen LogP contribution in [0.25, 0.3) is 0 Å². The first-order valence-corrected chi connectivity index (χ1v) is 8.68. The Morgan fingerprint density at radius 3 is 2.42 bits per heavy atom. The van der Waals surface area contributed by atoms with Crippen LogP contribution in [0.5, 0.6) is 0 Å². The molecule has 1 fully saturated rings. The second kappa shape index (κ2) is 5.64. The van der Waals surface area contributed by atoms with Gasteiger partial charge in [0, 0.05) is 34.4 Å². The van der Waals surface area contributed by atoms with E-state index in [-0.39, 0.29) is 6.04 Å². The Balaban J connectivity index is 2.16. The normalized spacial score (nSPS) is 24.3. The lowest BCUT2D eigenvalue weighted by Crippen LogP contribution is -2.39. The second-order valence-electron chi connectivity index (χ2n) is 4.32. The van der Waals surface area contributed by atoms with E-state index >= 15 is 0 Å². The van der Waals surface area contributed by atoms with Gasteiger partial charge >= 0.3 is 0 Å². The third-order valence-corrected chi connectivity index (χ3v) is 5.83. The van der Waals surface area contributed by atoms with E-state index in [2.05, 4.69) is 4.72 Å². The van der Waals surface area contributed by atoms with E-state index in [1.165, 1.54) is 0 Å². The number of halogens is 2. The molecule has 0 amide bonds. The van der Waals surface area contributed by atoms with Crippen LogP contribution in [0.1, 0.15) is 12.8 Å². The third-order valence-electron chi connectivity index (χ3n) is 2.89. The number of hydrogen-bond donors (Lipinski definition) is 1. The lowest BCUT2D eigenvalue weighted by molar-refractivity contribution is 0.511. The predicted molar refractivity (Wildman–Crippen MR) is 67.6 cm³/mol. The first-order valence-electron chi connectivity index (χ1n) is 5.71. The summed E-state index contributed by atoms with van der Waals surface area (Å²) in [4.78, 5) is -0.569. The molecule has 1 heterocycles. The lowest BCUT2D eigenvalue weighted by atomic mass is 10.2. The molecule has 1 saturated heterocycles. The number of rotatable bonds is 3. The summed E-state index contributed by atoms with van der Waals surface area (Å²) in [6, 6.07) is 1.97. The summed E-state index contributed by atoms with van der Waals surface area (Å²) >= 11 is 0. The molecule has 8 heteroatoms. The zero-order valence-corrected chi connectivity index (χ0v) is 11.6. The molecule has 0 spiro atoms. The Labute approximate surface area is 112 Å². The smallest absolute Gasteiger partial charge is 0.243 e. The monoisotopic (exact) mass is 309 g/mol. The van der Waals surface area contributed by atoms with Gasteiger partial charge in [0.05, 0.1) is 0 Å². The fourth-order valence-corrected chi connectivity index (χ4v) is 4.55. The molecule has 106 valence electrons. The Morgan fingerprint density at radius 2 is 1.84 bits per heavy atom. The minimum atomic E-state index is -4.02. The van der Waals surface area contributed by atoms with E-state index in [1.54, 1.807) is 0 Å². The van der Waals surface area contributed by atoms with Crippen molar-refractivity contribution >= 4 is 20.8 Å². The van der Waals surface area contributed by atoms with Crippen molar-refractivity contribution in [2.45, 2.75) is 23.8 Å². The van der Waals surface area contributed by atoms with Gasteiger partial charge in [-0.15, -0.1) is 0 Å². The van der Waals surface area contributed by atoms with E-state index < -0.39 is 37.4 Å². The zero-order chi connectivity index (χ0) is 14.0. The highest BCUT2D eigenvalue weighted by Crippen LogP contribution is 2.18. The first-order chi connectivity index (χ1) is 8.88.